The van der Waals surface area contributed by atoms with Gasteiger partial charge in [0.25, 0.3) is 0 Å². The van der Waals surface area contributed by atoms with E-state index in [0.717, 1.165) is 12.8 Å². The van der Waals surface area contributed by atoms with E-state index in [1.165, 1.54) is 24.2 Å². The third-order valence-electron chi connectivity index (χ3n) is 4.31. The van der Waals surface area contributed by atoms with Crippen molar-refractivity contribution in [3.05, 3.63) is 25.8 Å². The SMILES string of the molecule is C=C.C=CC1CC1C(=O)OCC.CCC.CCCC.NCC(=O)N1CCCC1C(N)=O. The van der Waals surface area contributed by atoms with Crippen LogP contribution < -0.4 is 11.5 Å². The summed E-state index contributed by atoms with van der Waals surface area (Å²) in [5.74, 6) is -0.186. The first kappa shape index (κ1) is 33.5. The molecule has 1 saturated carbocycles. The van der Waals surface area contributed by atoms with E-state index in [1.54, 1.807) is 0 Å². The second kappa shape index (κ2) is 22.5. The van der Waals surface area contributed by atoms with Crippen LogP contribution in [0.4, 0.5) is 0 Å². The van der Waals surface area contributed by atoms with E-state index >= 15 is 0 Å². The number of carbonyl (C=O) groups excluding carboxylic acids is 3. The molecule has 3 unspecified atom stereocenters. The Kier molecular flexibility index (Phi) is 24.3. The largest absolute Gasteiger partial charge is 0.466 e. The minimum absolute atomic E-state index is 0.0518. The van der Waals surface area contributed by atoms with Crippen molar-refractivity contribution in [2.45, 2.75) is 79.2 Å². The summed E-state index contributed by atoms with van der Waals surface area (Å²) in [6.45, 7) is 21.1. The highest BCUT2D eigenvalue weighted by Crippen LogP contribution is 2.39. The second-order valence-electron chi connectivity index (χ2n) is 7.05. The zero-order chi connectivity index (χ0) is 24.8. The van der Waals surface area contributed by atoms with E-state index < -0.39 is 11.9 Å². The fraction of sp³-hybridized carbons (Fsp3) is 0.708. The molecule has 7 nitrogen and oxygen atoms in total. The Balaban J connectivity index is -0.000000371. The summed E-state index contributed by atoms with van der Waals surface area (Å²) in [6.07, 6.45) is 8.14. The number of amides is 2. The molecule has 182 valence electrons. The Morgan fingerprint density at radius 2 is 1.61 bits per heavy atom. The van der Waals surface area contributed by atoms with Gasteiger partial charge in [0.15, 0.2) is 0 Å². The lowest BCUT2D eigenvalue weighted by molar-refractivity contribution is -0.144. The Hall–Kier alpha value is -2.15. The van der Waals surface area contributed by atoms with Crippen LogP contribution in [0.2, 0.25) is 0 Å². The average molecular weight is 442 g/mol. The Bertz CT molecular complexity index is 495. The van der Waals surface area contributed by atoms with Gasteiger partial charge in [-0.05, 0) is 32.1 Å². The van der Waals surface area contributed by atoms with Gasteiger partial charge in [0, 0.05) is 6.54 Å². The number of ether oxygens (including phenoxy) is 1. The van der Waals surface area contributed by atoms with Crippen LogP contribution in [0.3, 0.4) is 0 Å². The number of allylic oxidation sites excluding steroid dienone is 1. The number of carbonyl (C=O) groups is 3. The summed E-state index contributed by atoms with van der Waals surface area (Å²) < 4.78 is 4.81. The lowest BCUT2D eigenvalue weighted by atomic mass is 10.2. The van der Waals surface area contributed by atoms with E-state index in [-0.39, 0.29) is 24.3 Å². The molecule has 1 aliphatic carbocycles. The van der Waals surface area contributed by atoms with Gasteiger partial charge in [-0.1, -0.05) is 53.0 Å². The normalized spacial score (nSPS) is 19.9. The average Bonchev–Trinajstić information content (AvgIpc) is 3.41. The van der Waals surface area contributed by atoms with E-state index in [4.69, 9.17) is 16.2 Å². The topological polar surface area (TPSA) is 116 Å². The summed E-state index contributed by atoms with van der Waals surface area (Å²) in [5, 5.41) is 0. The van der Waals surface area contributed by atoms with Crippen LogP contribution in [0.25, 0.3) is 0 Å². The summed E-state index contributed by atoms with van der Waals surface area (Å²) in [7, 11) is 0. The quantitative estimate of drug-likeness (QED) is 0.480. The molecule has 3 atom stereocenters. The molecule has 2 rings (SSSR count). The molecule has 4 N–H and O–H groups in total. The lowest BCUT2D eigenvalue weighted by Gasteiger charge is -2.20. The predicted molar refractivity (Wildman–Crippen MR) is 129 cm³/mol. The van der Waals surface area contributed by atoms with Gasteiger partial charge in [-0.25, -0.2) is 0 Å². The number of nitrogens with zero attached hydrogens (tertiary/aromatic N) is 1. The van der Waals surface area contributed by atoms with Gasteiger partial charge in [-0.2, -0.15) is 0 Å². The van der Waals surface area contributed by atoms with Gasteiger partial charge < -0.3 is 21.1 Å². The molecule has 0 aromatic carbocycles. The second-order valence-corrected chi connectivity index (χ2v) is 7.05. The number of likely N-dealkylation sites (tertiary alicyclic amines) is 1. The standard InChI is InChI=1S/C8H12O2.C7H13N3O2.C4H10.C3H8.C2H4/c1-3-6-5-7(6)8(9)10-4-2;8-4-6(11)10-3-1-2-5(10)7(9)12;1-3-4-2;1-3-2;1-2/h3,6-7H,1,4-5H2,2H3;5H,1-4,8H2,(H2,9,12);3-4H2,1-2H3;3H2,1-2H3;1-2H2. The first-order valence-electron chi connectivity index (χ1n) is 11.4. The minimum atomic E-state index is -0.436. The first-order chi connectivity index (χ1) is 14.8. The summed E-state index contributed by atoms with van der Waals surface area (Å²) in [6, 6.07) is -0.430. The maximum Gasteiger partial charge on any atom is 0.309 e. The molecule has 2 aliphatic rings. The highest BCUT2D eigenvalue weighted by molar-refractivity contribution is 5.87. The van der Waals surface area contributed by atoms with Crippen LogP contribution >= 0.6 is 0 Å². The number of unbranched alkanes of at least 4 members (excludes halogenated alkanes) is 1. The first-order valence-corrected chi connectivity index (χ1v) is 11.4. The molecule has 0 radical (unpaired) electrons. The Morgan fingerprint density at radius 3 is 1.94 bits per heavy atom. The molecule has 2 amide bonds. The van der Waals surface area contributed by atoms with Crippen LogP contribution in [-0.4, -0.2) is 48.4 Å². The highest BCUT2D eigenvalue weighted by Gasteiger charge is 2.41. The van der Waals surface area contributed by atoms with Gasteiger partial charge >= 0.3 is 5.97 Å². The predicted octanol–water partition coefficient (Wildman–Crippen LogP) is 3.82. The molecule has 1 aliphatic heterocycles. The Labute approximate surface area is 190 Å². The maximum absolute atomic E-state index is 11.1. The molecule has 2 fully saturated rings. The third-order valence-corrected chi connectivity index (χ3v) is 4.31. The number of rotatable bonds is 6. The molecule has 31 heavy (non-hydrogen) atoms. The van der Waals surface area contributed by atoms with Gasteiger partial charge in [0.05, 0.1) is 19.1 Å². The van der Waals surface area contributed by atoms with Crippen LogP contribution in [0, 0.1) is 11.8 Å². The van der Waals surface area contributed by atoms with E-state index in [9.17, 15) is 14.4 Å². The number of esters is 1. The van der Waals surface area contributed by atoms with Crippen molar-refractivity contribution in [1.29, 1.82) is 0 Å². The minimum Gasteiger partial charge on any atom is -0.466 e. The molecule has 1 heterocycles. The van der Waals surface area contributed by atoms with Crippen molar-refractivity contribution >= 4 is 17.8 Å². The highest BCUT2D eigenvalue weighted by atomic mass is 16.5. The van der Waals surface area contributed by atoms with E-state index in [1.807, 2.05) is 13.0 Å². The third kappa shape index (κ3) is 16.2. The van der Waals surface area contributed by atoms with Crippen molar-refractivity contribution in [1.82, 2.24) is 4.90 Å². The van der Waals surface area contributed by atoms with Crippen LogP contribution in [0.5, 0.6) is 0 Å². The van der Waals surface area contributed by atoms with Gasteiger partial charge in [-0.15, -0.1) is 19.7 Å². The van der Waals surface area contributed by atoms with Crippen molar-refractivity contribution in [2.24, 2.45) is 23.3 Å². The zero-order valence-corrected chi connectivity index (χ0v) is 20.5. The summed E-state index contributed by atoms with van der Waals surface area (Å²) in [4.78, 5) is 34.3. The fourth-order valence-electron chi connectivity index (χ4n) is 2.47. The molecule has 7 heteroatoms. The van der Waals surface area contributed by atoms with Gasteiger partial charge in [0.1, 0.15) is 6.04 Å². The van der Waals surface area contributed by atoms with Crippen molar-refractivity contribution in [3.63, 3.8) is 0 Å². The monoisotopic (exact) mass is 441 g/mol. The zero-order valence-electron chi connectivity index (χ0n) is 20.5. The van der Waals surface area contributed by atoms with Crippen molar-refractivity contribution in [2.75, 3.05) is 19.7 Å². The van der Waals surface area contributed by atoms with Gasteiger partial charge in [0.2, 0.25) is 11.8 Å². The van der Waals surface area contributed by atoms with Gasteiger partial charge in [-0.3, -0.25) is 14.4 Å². The molecule has 0 bridgehead atoms. The molecule has 0 spiro atoms. The maximum atomic E-state index is 11.1. The molecule has 0 aromatic rings. The smallest absolute Gasteiger partial charge is 0.309 e. The number of hydrogen-bond acceptors (Lipinski definition) is 5. The molecular formula is C24H47N3O4. The van der Waals surface area contributed by atoms with Crippen LogP contribution in [0.1, 0.15) is 73.1 Å². The summed E-state index contributed by atoms with van der Waals surface area (Å²) >= 11 is 0. The number of nitrogens with two attached hydrogens (primary N) is 2. The fourth-order valence-corrected chi connectivity index (χ4v) is 2.47. The van der Waals surface area contributed by atoms with Crippen LogP contribution in [-0.2, 0) is 19.1 Å². The molecule has 0 aromatic heterocycles. The number of hydrogen-bond donors (Lipinski definition) is 2. The summed E-state index contributed by atoms with van der Waals surface area (Å²) in [5.41, 5.74) is 10.3. The van der Waals surface area contributed by atoms with Crippen LogP contribution in [0.15, 0.2) is 25.8 Å². The molecular weight excluding hydrogens is 394 g/mol. The van der Waals surface area contributed by atoms with E-state index in [2.05, 4.69) is 47.4 Å². The number of primary amides is 1. The van der Waals surface area contributed by atoms with Crippen molar-refractivity contribution < 1.29 is 19.1 Å². The lowest BCUT2D eigenvalue weighted by Crippen LogP contribution is -2.45. The molecule has 1 saturated heterocycles. The van der Waals surface area contributed by atoms with Crippen molar-refractivity contribution in [3.8, 4) is 0 Å². The van der Waals surface area contributed by atoms with E-state index in [0.29, 0.717) is 25.5 Å². The Morgan fingerprint density at radius 1 is 1.10 bits per heavy atom.